The highest BCUT2D eigenvalue weighted by atomic mass is 16.6. The van der Waals surface area contributed by atoms with Gasteiger partial charge in [0, 0.05) is 43.8 Å². The van der Waals surface area contributed by atoms with Crippen LogP contribution in [0.2, 0.25) is 0 Å². The number of methoxy groups -OCH3 is 2. The number of carbonyl (C=O) groups is 1. The predicted octanol–water partition coefficient (Wildman–Crippen LogP) is 1.64. The molecule has 1 fully saturated rings. The summed E-state index contributed by atoms with van der Waals surface area (Å²) < 4.78 is 16.5. The van der Waals surface area contributed by atoms with Gasteiger partial charge in [-0.15, -0.1) is 0 Å². The summed E-state index contributed by atoms with van der Waals surface area (Å²) in [6.07, 6.45) is 1.53. The fourth-order valence-corrected chi connectivity index (χ4v) is 3.09. The number of hydrogen-bond donors (Lipinski definition) is 1. The Morgan fingerprint density at radius 3 is 2.96 bits per heavy atom. The second-order valence-corrected chi connectivity index (χ2v) is 5.89. The maximum atomic E-state index is 12.4. The molecule has 6 nitrogen and oxygen atoms in total. The fourth-order valence-electron chi connectivity index (χ4n) is 3.09. The van der Waals surface area contributed by atoms with Crippen LogP contribution in [0.25, 0.3) is 10.9 Å². The van der Waals surface area contributed by atoms with Gasteiger partial charge in [0.15, 0.2) is 0 Å². The second kappa shape index (κ2) is 7.70. The number of amides is 1. The molecule has 0 spiro atoms. The number of aromatic nitrogens is 1. The molecule has 6 heteroatoms. The van der Waals surface area contributed by atoms with Gasteiger partial charge in [0.25, 0.3) is 5.91 Å². The van der Waals surface area contributed by atoms with Crippen LogP contribution in [-0.4, -0.2) is 57.1 Å². The van der Waals surface area contributed by atoms with Crippen molar-refractivity contribution >= 4 is 16.8 Å². The summed E-state index contributed by atoms with van der Waals surface area (Å²) in [7, 11) is 3.30. The molecule has 1 aromatic heterocycles. The molecule has 0 unspecified atom stereocenters. The zero-order valence-electron chi connectivity index (χ0n) is 13.9. The van der Waals surface area contributed by atoms with Crippen LogP contribution in [0.3, 0.4) is 0 Å². The van der Waals surface area contributed by atoms with E-state index in [1.54, 1.807) is 26.5 Å². The molecule has 0 radical (unpaired) electrons. The van der Waals surface area contributed by atoms with Crippen molar-refractivity contribution in [3.8, 4) is 0 Å². The van der Waals surface area contributed by atoms with Gasteiger partial charge in [0.2, 0.25) is 0 Å². The predicted molar refractivity (Wildman–Crippen MR) is 90.0 cm³/mol. The average Bonchev–Trinajstić information content (AvgIpc) is 2.65. The van der Waals surface area contributed by atoms with Gasteiger partial charge >= 0.3 is 0 Å². The Kier molecular flexibility index (Phi) is 5.40. The number of hydrogen-bond acceptors (Lipinski definition) is 5. The molecule has 1 aliphatic heterocycles. The Balaban J connectivity index is 1.65. The minimum absolute atomic E-state index is 0.0553. The van der Waals surface area contributed by atoms with Crippen molar-refractivity contribution in [3.63, 3.8) is 0 Å². The minimum atomic E-state index is -0.116. The first kappa shape index (κ1) is 16.8. The van der Waals surface area contributed by atoms with E-state index >= 15 is 0 Å². The maximum absolute atomic E-state index is 12.4. The largest absolute Gasteiger partial charge is 0.378 e. The number of fused-ring (bicyclic) bond motifs is 1. The van der Waals surface area contributed by atoms with Crippen LogP contribution in [0.1, 0.15) is 10.4 Å². The highest BCUT2D eigenvalue weighted by molar-refractivity contribution is 5.97. The molecule has 1 aliphatic rings. The van der Waals surface area contributed by atoms with E-state index < -0.39 is 0 Å². The van der Waals surface area contributed by atoms with Crippen molar-refractivity contribution in [1.29, 1.82) is 0 Å². The highest BCUT2D eigenvalue weighted by Gasteiger charge is 2.34. The summed E-state index contributed by atoms with van der Waals surface area (Å²) in [5.41, 5.74) is 1.49. The van der Waals surface area contributed by atoms with Crippen LogP contribution in [0.15, 0.2) is 36.5 Å². The van der Waals surface area contributed by atoms with Crippen molar-refractivity contribution in [2.45, 2.75) is 12.2 Å². The van der Waals surface area contributed by atoms with Crippen LogP contribution in [-0.2, 0) is 14.2 Å². The maximum Gasteiger partial charge on any atom is 0.251 e. The Bertz CT molecular complexity index is 706. The van der Waals surface area contributed by atoms with Crippen molar-refractivity contribution in [2.75, 3.05) is 34.0 Å². The SMILES string of the molecule is CO[C@H]1[C@H](CNC(=O)c2ccc3ncccc3c2)COC[C@H]1OC. The summed E-state index contributed by atoms with van der Waals surface area (Å²) >= 11 is 0. The van der Waals surface area contributed by atoms with E-state index in [0.717, 1.165) is 10.9 Å². The quantitative estimate of drug-likeness (QED) is 0.902. The van der Waals surface area contributed by atoms with Gasteiger partial charge in [-0.25, -0.2) is 0 Å². The molecule has 0 bridgehead atoms. The topological polar surface area (TPSA) is 69.7 Å². The number of benzene rings is 1. The van der Waals surface area contributed by atoms with E-state index in [2.05, 4.69) is 10.3 Å². The van der Waals surface area contributed by atoms with E-state index in [0.29, 0.717) is 25.3 Å². The van der Waals surface area contributed by atoms with Crippen LogP contribution in [0.4, 0.5) is 0 Å². The summed E-state index contributed by atoms with van der Waals surface area (Å²) in [4.78, 5) is 16.7. The molecule has 1 aromatic carbocycles. The number of rotatable bonds is 5. The molecule has 3 rings (SSSR count). The fraction of sp³-hybridized carbons (Fsp3) is 0.444. The van der Waals surface area contributed by atoms with Crippen molar-refractivity contribution in [2.24, 2.45) is 5.92 Å². The first-order chi connectivity index (χ1) is 11.7. The van der Waals surface area contributed by atoms with Crippen LogP contribution < -0.4 is 5.32 Å². The molecular weight excluding hydrogens is 308 g/mol. The number of pyridine rings is 1. The van der Waals surface area contributed by atoms with Crippen molar-refractivity contribution < 1.29 is 19.0 Å². The Morgan fingerprint density at radius 2 is 2.17 bits per heavy atom. The van der Waals surface area contributed by atoms with Crippen molar-refractivity contribution in [3.05, 3.63) is 42.1 Å². The third kappa shape index (κ3) is 3.56. The summed E-state index contributed by atoms with van der Waals surface area (Å²) in [5, 5.41) is 3.91. The number of carbonyl (C=O) groups excluding carboxylic acids is 1. The molecule has 2 aromatic rings. The molecular formula is C18H22N2O4. The minimum Gasteiger partial charge on any atom is -0.378 e. The highest BCUT2D eigenvalue weighted by Crippen LogP contribution is 2.20. The second-order valence-electron chi connectivity index (χ2n) is 5.89. The van der Waals surface area contributed by atoms with Gasteiger partial charge in [0.05, 0.1) is 24.8 Å². The van der Waals surface area contributed by atoms with Gasteiger partial charge in [-0.1, -0.05) is 6.07 Å². The van der Waals surface area contributed by atoms with E-state index in [4.69, 9.17) is 14.2 Å². The van der Waals surface area contributed by atoms with Crippen molar-refractivity contribution in [1.82, 2.24) is 10.3 Å². The van der Waals surface area contributed by atoms with E-state index in [1.807, 2.05) is 24.3 Å². The monoisotopic (exact) mass is 330 g/mol. The van der Waals surface area contributed by atoms with Crippen LogP contribution in [0, 0.1) is 5.92 Å². The van der Waals surface area contributed by atoms with E-state index in [9.17, 15) is 4.79 Å². The molecule has 24 heavy (non-hydrogen) atoms. The summed E-state index contributed by atoms with van der Waals surface area (Å²) in [5.74, 6) is -0.0603. The van der Waals surface area contributed by atoms with Gasteiger partial charge in [-0.05, 0) is 24.3 Å². The third-order valence-electron chi connectivity index (χ3n) is 4.41. The normalized spacial score (nSPS) is 24.0. The molecule has 0 saturated carbocycles. The molecule has 1 N–H and O–H groups in total. The van der Waals surface area contributed by atoms with Crippen LogP contribution in [0.5, 0.6) is 0 Å². The first-order valence-corrected chi connectivity index (χ1v) is 7.99. The molecule has 1 saturated heterocycles. The Morgan fingerprint density at radius 1 is 1.29 bits per heavy atom. The lowest BCUT2D eigenvalue weighted by molar-refractivity contribution is -0.145. The summed E-state index contributed by atoms with van der Waals surface area (Å²) in [6.45, 7) is 1.53. The van der Waals surface area contributed by atoms with Gasteiger partial charge < -0.3 is 19.5 Å². The smallest absolute Gasteiger partial charge is 0.251 e. The van der Waals surface area contributed by atoms with Gasteiger partial charge in [-0.3, -0.25) is 9.78 Å². The Hall–Kier alpha value is -2.02. The van der Waals surface area contributed by atoms with Gasteiger partial charge in [-0.2, -0.15) is 0 Å². The third-order valence-corrected chi connectivity index (χ3v) is 4.41. The molecule has 128 valence electrons. The average molecular weight is 330 g/mol. The zero-order chi connectivity index (χ0) is 16.9. The lowest BCUT2D eigenvalue weighted by atomic mass is 9.96. The molecule has 3 atom stereocenters. The first-order valence-electron chi connectivity index (χ1n) is 7.99. The van der Waals surface area contributed by atoms with E-state index in [-0.39, 0.29) is 24.0 Å². The van der Waals surface area contributed by atoms with Gasteiger partial charge in [0.1, 0.15) is 6.10 Å². The Labute approximate surface area is 141 Å². The van der Waals surface area contributed by atoms with E-state index in [1.165, 1.54) is 0 Å². The lowest BCUT2D eigenvalue weighted by Crippen LogP contribution is -2.50. The molecule has 1 amide bonds. The molecule has 0 aliphatic carbocycles. The lowest BCUT2D eigenvalue weighted by Gasteiger charge is -2.36. The number of ether oxygens (including phenoxy) is 3. The molecule has 2 heterocycles. The zero-order valence-corrected chi connectivity index (χ0v) is 13.9. The summed E-state index contributed by atoms with van der Waals surface area (Å²) in [6, 6.07) is 9.29. The number of nitrogens with zero attached hydrogens (tertiary/aromatic N) is 1. The standard InChI is InChI=1S/C18H22N2O4/c1-22-16-11-24-10-14(17(16)23-2)9-20-18(21)13-5-6-15-12(8-13)4-3-7-19-15/h3-8,14,16-17H,9-11H2,1-2H3,(H,20,21)/t14-,16-,17+/m1/s1. The van der Waals surface area contributed by atoms with Crippen LogP contribution >= 0.6 is 0 Å². The number of nitrogens with one attached hydrogen (secondary N) is 1.